The minimum atomic E-state index is 0.566. The Morgan fingerprint density at radius 2 is 2.00 bits per heavy atom. The number of benzene rings is 1. The van der Waals surface area contributed by atoms with E-state index in [0.717, 1.165) is 50.1 Å². The lowest BCUT2D eigenvalue weighted by atomic mass is 10.0. The Morgan fingerprint density at radius 3 is 2.76 bits per heavy atom. The first-order valence-corrected chi connectivity index (χ1v) is 7.68. The lowest BCUT2D eigenvalue weighted by molar-refractivity contribution is 0.253. The second kappa shape index (κ2) is 5.40. The molecule has 2 aromatic rings. The van der Waals surface area contributed by atoms with E-state index in [0.29, 0.717) is 16.7 Å². The fraction of sp³-hybridized carbons (Fsp3) is 0.467. The number of nitrogens with one attached hydrogen (secondary N) is 1. The molecule has 1 aromatic carbocycles. The van der Waals surface area contributed by atoms with Gasteiger partial charge in [-0.25, -0.2) is 0 Å². The maximum atomic E-state index is 6.16. The molecule has 3 heterocycles. The molecular formula is C15H17ClN4O. The van der Waals surface area contributed by atoms with Crippen molar-refractivity contribution in [3.8, 4) is 11.4 Å². The van der Waals surface area contributed by atoms with Gasteiger partial charge in [-0.2, -0.15) is 4.98 Å². The standard InChI is InChI=1S/C15H17ClN4O/c16-13-4-2-1-3-12(13)15-18-14(21-19-15)9-20-7-10-5-17-6-11(10)8-20/h1-4,10-11,17H,5-9H2/t10-,11+. The first kappa shape index (κ1) is 13.2. The molecule has 5 nitrogen and oxygen atoms in total. The summed E-state index contributed by atoms with van der Waals surface area (Å²) in [6.45, 7) is 5.22. The molecule has 0 spiro atoms. The van der Waals surface area contributed by atoms with Crippen molar-refractivity contribution in [3.05, 3.63) is 35.2 Å². The predicted octanol–water partition coefficient (Wildman–Crippen LogP) is 2.04. The van der Waals surface area contributed by atoms with Gasteiger partial charge >= 0.3 is 0 Å². The van der Waals surface area contributed by atoms with Gasteiger partial charge < -0.3 is 9.84 Å². The molecule has 1 N–H and O–H groups in total. The number of aromatic nitrogens is 2. The van der Waals surface area contributed by atoms with Gasteiger partial charge in [0.1, 0.15) is 0 Å². The fourth-order valence-corrected chi connectivity index (χ4v) is 3.56. The van der Waals surface area contributed by atoms with Crippen LogP contribution in [0.1, 0.15) is 5.89 Å². The average Bonchev–Trinajstić information content (AvgIpc) is 3.15. The molecule has 110 valence electrons. The van der Waals surface area contributed by atoms with Crippen LogP contribution in [-0.4, -0.2) is 41.2 Å². The lowest BCUT2D eigenvalue weighted by Crippen LogP contribution is -2.25. The van der Waals surface area contributed by atoms with Gasteiger partial charge in [0.15, 0.2) is 0 Å². The van der Waals surface area contributed by atoms with Gasteiger partial charge in [0.25, 0.3) is 0 Å². The molecule has 0 unspecified atom stereocenters. The zero-order valence-corrected chi connectivity index (χ0v) is 12.4. The van der Waals surface area contributed by atoms with Crippen LogP contribution >= 0.6 is 11.6 Å². The predicted molar refractivity (Wildman–Crippen MR) is 79.9 cm³/mol. The monoisotopic (exact) mass is 304 g/mol. The number of fused-ring (bicyclic) bond motifs is 1. The van der Waals surface area contributed by atoms with E-state index in [2.05, 4.69) is 20.4 Å². The average molecular weight is 305 g/mol. The number of hydrogen-bond acceptors (Lipinski definition) is 5. The van der Waals surface area contributed by atoms with Crippen LogP contribution in [0.15, 0.2) is 28.8 Å². The smallest absolute Gasteiger partial charge is 0.241 e. The van der Waals surface area contributed by atoms with Gasteiger partial charge in [-0.1, -0.05) is 28.9 Å². The third-order valence-corrected chi connectivity index (χ3v) is 4.74. The Bertz CT molecular complexity index is 632. The van der Waals surface area contributed by atoms with Gasteiger partial charge in [0, 0.05) is 18.7 Å². The molecule has 0 saturated carbocycles. The minimum absolute atomic E-state index is 0.566. The Balaban J connectivity index is 1.47. The Morgan fingerprint density at radius 1 is 1.24 bits per heavy atom. The highest BCUT2D eigenvalue weighted by Gasteiger charge is 2.36. The van der Waals surface area contributed by atoms with Crippen molar-refractivity contribution in [2.45, 2.75) is 6.54 Å². The van der Waals surface area contributed by atoms with Crippen molar-refractivity contribution in [3.63, 3.8) is 0 Å². The maximum Gasteiger partial charge on any atom is 0.241 e. The summed E-state index contributed by atoms with van der Waals surface area (Å²) < 4.78 is 5.38. The van der Waals surface area contributed by atoms with Crippen LogP contribution in [0.4, 0.5) is 0 Å². The van der Waals surface area contributed by atoms with Crippen molar-refractivity contribution in [2.75, 3.05) is 26.2 Å². The summed E-state index contributed by atoms with van der Waals surface area (Å²) in [5.41, 5.74) is 0.816. The second-order valence-corrected chi connectivity index (χ2v) is 6.27. The van der Waals surface area contributed by atoms with E-state index in [-0.39, 0.29) is 0 Å². The quantitative estimate of drug-likeness (QED) is 0.940. The van der Waals surface area contributed by atoms with Gasteiger partial charge in [0.2, 0.25) is 11.7 Å². The molecule has 21 heavy (non-hydrogen) atoms. The van der Waals surface area contributed by atoms with Crippen molar-refractivity contribution in [1.82, 2.24) is 20.4 Å². The van der Waals surface area contributed by atoms with E-state index >= 15 is 0 Å². The summed E-state index contributed by atoms with van der Waals surface area (Å²) in [6.07, 6.45) is 0. The highest BCUT2D eigenvalue weighted by atomic mass is 35.5. The van der Waals surface area contributed by atoms with E-state index in [9.17, 15) is 0 Å². The molecule has 0 radical (unpaired) electrons. The first-order valence-electron chi connectivity index (χ1n) is 7.30. The second-order valence-electron chi connectivity index (χ2n) is 5.86. The van der Waals surface area contributed by atoms with Crippen molar-refractivity contribution >= 4 is 11.6 Å². The summed E-state index contributed by atoms with van der Waals surface area (Å²) in [4.78, 5) is 6.88. The molecule has 2 aliphatic rings. The van der Waals surface area contributed by atoms with Gasteiger partial charge in [-0.05, 0) is 37.1 Å². The summed E-state index contributed by atoms with van der Waals surface area (Å²) >= 11 is 6.16. The van der Waals surface area contributed by atoms with Crippen molar-refractivity contribution < 1.29 is 4.52 Å². The lowest BCUT2D eigenvalue weighted by Gasteiger charge is -2.13. The number of rotatable bonds is 3. The summed E-state index contributed by atoms with van der Waals surface area (Å²) in [7, 11) is 0. The van der Waals surface area contributed by atoms with E-state index < -0.39 is 0 Å². The first-order chi connectivity index (χ1) is 10.3. The molecule has 6 heteroatoms. The molecular weight excluding hydrogens is 288 g/mol. The van der Waals surface area contributed by atoms with Crippen LogP contribution in [-0.2, 0) is 6.54 Å². The van der Waals surface area contributed by atoms with Crippen molar-refractivity contribution in [2.24, 2.45) is 11.8 Å². The number of hydrogen-bond donors (Lipinski definition) is 1. The SMILES string of the molecule is Clc1ccccc1-c1noc(CN2C[C@H]3CNC[C@H]3C2)n1. The molecule has 0 bridgehead atoms. The summed E-state index contributed by atoms with van der Waals surface area (Å²) in [5, 5.41) is 8.14. The summed E-state index contributed by atoms with van der Waals surface area (Å²) in [6, 6.07) is 7.56. The molecule has 2 fully saturated rings. The Labute approximate surface area is 128 Å². The molecule has 2 atom stereocenters. The normalized spacial score (nSPS) is 25.4. The topological polar surface area (TPSA) is 54.2 Å². The third-order valence-electron chi connectivity index (χ3n) is 4.41. The number of likely N-dealkylation sites (tertiary alicyclic amines) is 1. The van der Waals surface area contributed by atoms with E-state index in [4.69, 9.17) is 16.1 Å². The summed E-state index contributed by atoms with van der Waals surface area (Å²) in [5.74, 6) is 2.78. The molecule has 1 aromatic heterocycles. The van der Waals surface area contributed by atoms with E-state index in [1.54, 1.807) is 0 Å². The Kier molecular flexibility index (Phi) is 3.41. The highest BCUT2D eigenvalue weighted by molar-refractivity contribution is 6.33. The molecule has 2 aliphatic heterocycles. The van der Waals surface area contributed by atoms with Crippen LogP contribution in [0.2, 0.25) is 5.02 Å². The molecule has 2 saturated heterocycles. The zero-order chi connectivity index (χ0) is 14.2. The van der Waals surface area contributed by atoms with Crippen LogP contribution in [0, 0.1) is 11.8 Å². The molecule has 0 aliphatic carbocycles. The Hall–Kier alpha value is -1.43. The third kappa shape index (κ3) is 2.57. The largest absolute Gasteiger partial charge is 0.338 e. The van der Waals surface area contributed by atoms with Crippen LogP contribution in [0.25, 0.3) is 11.4 Å². The maximum absolute atomic E-state index is 6.16. The van der Waals surface area contributed by atoms with Gasteiger partial charge in [-0.15, -0.1) is 0 Å². The fourth-order valence-electron chi connectivity index (χ4n) is 3.34. The van der Waals surface area contributed by atoms with Crippen LogP contribution in [0.5, 0.6) is 0 Å². The van der Waals surface area contributed by atoms with Gasteiger partial charge in [0.05, 0.1) is 11.6 Å². The van der Waals surface area contributed by atoms with Crippen LogP contribution in [0.3, 0.4) is 0 Å². The zero-order valence-electron chi connectivity index (χ0n) is 11.6. The highest BCUT2D eigenvalue weighted by Crippen LogP contribution is 2.28. The minimum Gasteiger partial charge on any atom is -0.338 e. The van der Waals surface area contributed by atoms with Crippen molar-refractivity contribution in [1.29, 1.82) is 0 Å². The van der Waals surface area contributed by atoms with Gasteiger partial charge in [-0.3, -0.25) is 4.90 Å². The molecule has 0 amide bonds. The molecule has 4 rings (SSSR count). The van der Waals surface area contributed by atoms with Crippen LogP contribution < -0.4 is 5.32 Å². The number of halogens is 1. The van der Waals surface area contributed by atoms with E-state index in [1.165, 1.54) is 0 Å². The number of nitrogens with zero attached hydrogens (tertiary/aromatic N) is 3. The van der Waals surface area contributed by atoms with E-state index in [1.807, 2.05) is 24.3 Å².